The number of hydrogen-bond donors (Lipinski definition) is 0. The van der Waals surface area contributed by atoms with Gasteiger partial charge >= 0.3 is 12.3 Å². The van der Waals surface area contributed by atoms with E-state index in [1.807, 2.05) is 19.9 Å². The zero-order valence-corrected chi connectivity index (χ0v) is 21.5. The summed E-state index contributed by atoms with van der Waals surface area (Å²) in [6.07, 6.45) is 3.13. The highest BCUT2D eigenvalue weighted by atomic mass is 35.5. The predicted molar refractivity (Wildman–Crippen MR) is 131 cm³/mol. The summed E-state index contributed by atoms with van der Waals surface area (Å²) in [7, 11) is 0. The molecule has 3 atom stereocenters. The molecule has 0 bridgehead atoms. The van der Waals surface area contributed by atoms with E-state index in [9.17, 15) is 22.8 Å². The molecule has 2 fully saturated rings. The van der Waals surface area contributed by atoms with E-state index in [2.05, 4.69) is 6.08 Å². The Hall–Kier alpha value is -2.48. The van der Waals surface area contributed by atoms with Crippen LogP contribution >= 0.6 is 11.6 Å². The van der Waals surface area contributed by atoms with E-state index >= 15 is 0 Å². The maximum Gasteiger partial charge on any atom is 0.416 e. The van der Waals surface area contributed by atoms with Gasteiger partial charge in [0.2, 0.25) is 5.91 Å². The lowest BCUT2D eigenvalue weighted by atomic mass is 9.80. The average Bonchev–Trinajstić information content (AvgIpc) is 3.17. The molecule has 1 saturated heterocycles. The molecule has 0 radical (unpaired) electrons. The number of hydrogen-bond acceptors (Lipinski definition) is 3. The van der Waals surface area contributed by atoms with Crippen molar-refractivity contribution in [2.45, 2.75) is 83.8 Å². The third-order valence-electron chi connectivity index (χ3n) is 7.26. The predicted octanol–water partition coefficient (Wildman–Crippen LogP) is 6.75. The molecule has 1 aromatic rings. The van der Waals surface area contributed by atoms with E-state index in [4.69, 9.17) is 16.3 Å². The van der Waals surface area contributed by atoms with Crippen molar-refractivity contribution in [2.24, 2.45) is 5.92 Å². The molecular formula is C27H32ClF3N2O3. The largest absolute Gasteiger partial charge is 0.447 e. The van der Waals surface area contributed by atoms with Crippen molar-refractivity contribution < 1.29 is 27.5 Å². The second-order valence-electron chi connectivity index (χ2n) is 10.1. The molecule has 36 heavy (non-hydrogen) atoms. The van der Waals surface area contributed by atoms with Crippen LogP contribution in [0.1, 0.15) is 64.0 Å². The minimum atomic E-state index is -4.54. The Bertz CT molecular complexity index is 1080. The first-order valence-corrected chi connectivity index (χ1v) is 12.8. The van der Waals surface area contributed by atoms with Gasteiger partial charge in [0.05, 0.1) is 23.8 Å². The summed E-state index contributed by atoms with van der Waals surface area (Å²) in [4.78, 5) is 29.5. The number of carbonyl (C=O) groups is 2. The Morgan fingerprint density at radius 1 is 1.17 bits per heavy atom. The Morgan fingerprint density at radius 3 is 2.58 bits per heavy atom. The lowest BCUT2D eigenvalue weighted by Gasteiger charge is -2.41. The van der Waals surface area contributed by atoms with Crippen LogP contribution in [0, 0.1) is 5.92 Å². The van der Waals surface area contributed by atoms with Gasteiger partial charge in [-0.15, -0.1) is 0 Å². The fourth-order valence-corrected chi connectivity index (χ4v) is 6.08. The van der Waals surface area contributed by atoms with E-state index < -0.39 is 11.7 Å². The van der Waals surface area contributed by atoms with Crippen LogP contribution < -0.4 is 0 Å². The molecule has 2 unspecified atom stereocenters. The molecule has 0 spiro atoms. The third kappa shape index (κ3) is 5.58. The summed E-state index contributed by atoms with van der Waals surface area (Å²) in [5.74, 6) is -0.0882. The van der Waals surface area contributed by atoms with Crippen LogP contribution in [-0.4, -0.2) is 46.5 Å². The Balaban J connectivity index is 1.71. The minimum Gasteiger partial charge on any atom is -0.447 e. The molecule has 1 heterocycles. The molecule has 9 heteroatoms. The highest BCUT2D eigenvalue weighted by molar-refractivity contribution is 6.30. The zero-order valence-electron chi connectivity index (χ0n) is 20.8. The van der Waals surface area contributed by atoms with Crippen molar-refractivity contribution in [3.05, 3.63) is 57.6 Å². The molecule has 0 N–H and O–H groups in total. The van der Waals surface area contributed by atoms with Crippen LogP contribution in [0.2, 0.25) is 5.02 Å². The third-order valence-corrected chi connectivity index (χ3v) is 7.47. The molecule has 4 rings (SSSR count). The number of nitrogens with zero attached hydrogens (tertiary/aromatic N) is 2. The van der Waals surface area contributed by atoms with Gasteiger partial charge in [-0.25, -0.2) is 4.79 Å². The lowest BCUT2D eigenvalue weighted by molar-refractivity contribution is -0.137. The van der Waals surface area contributed by atoms with Gasteiger partial charge in [0.15, 0.2) is 0 Å². The molecule has 1 saturated carbocycles. The van der Waals surface area contributed by atoms with Gasteiger partial charge in [-0.3, -0.25) is 4.79 Å². The van der Waals surface area contributed by atoms with Crippen molar-refractivity contribution in [3.8, 4) is 0 Å². The van der Waals surface area contributed by atoms with Gasteiger partial charge in [-0.2, -0.15) is 13.2 Å². The van der Waals surface area contributed by atoms with Crippen LogP contribution in [0.15, 0.2) is 41.5 Å². The number of rotatable bonds is 4. The van der Waals surface area contributed by atoms with Gasteiger partial charge in [0.25, 0.3) is 0 Å². The highest BCUT2D eigenvalue weighted by Gasteiger charge is 2.45. The first-order valence-electron chi connectivity index (χ1n) is 12.5. The van der Waals surface area contributed by atoms with Gasteiger partial charge in [-0.1, -0.05) is 29.3 Å². The van der Waals surface area contributed by atoms with E-state index in [1.165, 1.54) is 18.6 Å². The molecule has 2 amide bonds. The number of amides is 2. The molecule has 196 valence electrons. The summed E-state index contributed by atoms with van der Waals surface area (Å²) < 4.78 is 45.8. The number of allylic oxidation sites excluding steroid dienone is 2. The molecule has 3 aliphatic rings. The Kier molecular flexibility index (Phi) is 7.74. The van der Waals surface area contributed by atoms with Crippen molar-refractivity contribution in [3.63, 3.8) is 0 Å². The van der Waals surface area contributed by atoms with Gasteiger partial charge in [0.1, 0.15) is 0 Å². The van der Waals surface area contributed by atoms with Crippen LogP contribution in [0.5, 0.6) is 0 Å². The van der Waals surface area contributed by atoms with Crippen LogP contribution in [-0.2, 0) is 22.3 Å². The normalized spacial score (nSPS) is 23.9. The number of halogens is 4. The summed E-state index contributed by atoms with van der Waals surface area (Å²) in [5.41, 5.74) is 1.71. The fraction of sp³-hybridized carbons (Fsp3) is 0.556. The lowest BCUT2D eigenvalue weighted by Crippen LogP contribution is -2.50. The number of ether oxygens (including phenoxy) is 1. The molecule has 1 aliphatic heterocycles. The number of likely N-dealkylation sites (tertiary alicyclic amines) is 1. The van der Waals surface area contributed by atoms with Crippen LogP contribution in [0.3, 0.4) is 0 Å². The number of carbonyl (C=O) groups excluding carboxylic acids is 2. The summed E-state index contributed by atoms with van der Waals surface area (Å²) in [6, 6.07) is 2.82. The number of fused-ring (bicyclic) bond motifs is 3. The summed E-state index contributed by atoms with van der Waals surface area (Å²) in [6.45, 7) is 5.55. The van der Waals surface area contributed by atoms with Crippen molar-refractivity contribution in [2.75, 3.05) is 6.54 Å². The maximum atomic E-state index is 13.4. The van der Waals surface area contributed by atoms with Gasteiger partial charge in [0, 0.05) is 31.0 Å². The van der Waals surface area contributed by atoms with Crippen LogP contribution in [0.25, 0.3) is 0 Å². The van der Waals surface area contributed by atoms with Gasteiger partial charge in [-0.05, 0) is 75.3 Å². The van der Waals surface area contributed by atoms with Gasteiger partial charge < -0.3 is 14.5 Å². The Morgan fingerprint density at radius 2 is 1.92 bits per heavy atom. The zero-order chi connectivity index (χ0) is 26.2. The van der Waals surface area contributed by atoms with Crippen LogP contribution in [0.4, 0.5) is 18.0 Å². The van der Waals surface area contributed by atoms with E-state index in [-0.39, 0.29) is 47.7 Å². The standard InChI is InChI=1S/C27H32ClF3N2O3/c1-16(2)36-26(35)32-11-5-8-24(23-10-9-19-6-4-7-22(19)25(23)32)33(17(3)34)15-18-12-20(27(29,30)31)14-21(28)13-18/h9-10,12-14,16,22,24-25H,4-8,11,15H2,1-3H3/t22?,24-,25?/m0/s1. The first-order chi connectivity index (χ1) is 17.0. The van der Waals surface area contributed by atoms with E-state index in [1.54, 1.807) is 9.80 Å². The van der Waals surface area contributed by atoms with E-state index in [0.29, 0.717) is 24.9 Å². The number of benzene rings is 1. The first kappa shape index (κ1) is 26.6. The average molecular weight is 525 g/mol. The molecule has 2 aliphatic carbocycles. The molecule has 0 aromatic heterocycles. The fourth-order valence-electron chi connectivity index (χ4n) is 5.82. The highest BCUT2D eigenvalue weighted by Crippen LogP contribution is 2.45. The molecule has 1 aromatic carbocycles. The second kappa shape index (κ2) is 10.5. The maximum absolute atomic E-state index is 13.4. The summed E-state index contributed by atoms with van der Waals surface area (Å²) in [5, 5.41) is -0.0277. The SMILES string of the molecule is CC(=O)N(Cc1cc(Cl)cc(C(F)(F)F)c1)[C@H]1CCCN(C(=O)OC(C)C)C2C1=CC=C1CCCC12. The second-order valence-corrected chi connectivity index (χ2v) is 10.6. The minimum absolute atomic E-state index is 0.00855. The topological polar surface area (TPSA) is 49.9 Å². The molecule has 5 nitrogen and oxygen atoms in total. The quantitative estimate of drug-likeness (QED) is 0.437. The van der Waals surface area contributed by atoms with E-state index in [0.717, 1.165) is 37.0 Å². The van der Waals surface area contributed by atoms with Crippen molar-refractivity contribution >= 4 is 23.6 Å². The Labute approximate surface area is 214 Å². The monoisotopic (exact) mass is 524 g/mol. The van der Waals surface area contributed by atoms with Crippen molar-refractivity contribution in [1.29, 1.82) is 0 Å². The summed E-state index contributed by atoms with van der Waals surface area (Å²) >= 11 is 6.02. The van der Waals surface area contributed by atoms with Crippen molar-refractivity contribution in [1.82, 2.24) is 9.80 Å². The number of alkyl halides is 3. The molecular weight excluding hydrogens is 493 g/mol. The smallest absolute Gasteiger partial charge is 0.416 e.